The van der Waals surface area contributed by atoms with Gasteiger partial charge in [-0.15, -0.1) is 0 Å². The third kappa shape index (κ3) is 3.04. The van der Waals surface area contributed by atoms with Crippen molar-refractivity contribution in [1.29, 1.82) is 0 Å². The average Bonchev–Trinajstić information content (AvgIpc) is 3.15. The van der Waals surface area contributed by atoms with Crippen molar-refractivity contribution in [3.8, 4) is 0 Å². The largest absolute Gasteiger partial charge is 0.391 e. The quantitative estimate of drug-likeness (QED) is 0.823. The molecule has 18 heavy (non-hydrogen) atoms. The number of rotatable bonds is 7. The molecule has 1 aliphatic carbocycles. The summed E-state index contributed by atoms with van der Waals surface area (Å²) in [5.41, 5.74) is 1.17. The van der Waals surface area contributed by atoms with Gasteiger partial charge in [0.2, 0.25) is 0 Å². The van der Waals surface area contributed by atoms with Gasteiger partial charge in [-0.2, -0.15) is 0 Å². The van der Waals surface area contributed by atoms with Crippen LogP contribution < -0.4 is 4.90 Å². The lowest BCUT2D eigenvalue weighted by Gasteiger charge is -2.23. The van der Waals surface area contributed by atoms with Crippen molar-refractivity contribution in [2.75, 3.05) is 18.0 Å². The van der Waals surface area contributed by atoms with E-state index in [9.17, 15) is 5.11 Å². The number of hydrogen-bond acceptors (Lipinski definition) is 4. The zero-order valence-electron chi connectivity index (χ0n) is 11.6. The second kappa shape index (κ2) is 6.02. The van der Waals surface area contributed by atoms with E-state index in [0.29, 0.717) is 11.8 Å². The fourth-order valence-corrected chi connectivity index (χ4v) is 3.20. The zero-order chi connectivity index (χ0) is 13.1. The topological polar surface area (TPSA) is 36.4 Å². The summed E-state index contributed by atoms with van der Waals surface area (Å²) < 4.78 is 0. The van der Waals surface area contributed by atoms with Crippen molar-refractivity contribution in [3.63, 3.8) is 0 Å². The van der Waals surface area contributed by atoms with Crippen LogP contribution in [0.1, 0.15) is 56.5 Å². The predicted molar refractivity (Wildman–Crippen MR) is 77.4 cm³/mol. The van der Waals surface area contributed by atoms with Gasteiger partial charge < -0.3 is 10.0 Å². The molecular weight excluding hydrogens is 244 g/mol. The molecule has 3 nitrogen and oxygen atoms in total. The molecule has 4 heteroatoms. The maximum Gasteiger partial charge on any atom is 0.185 e. The van der Waals surface area contributed by atoms with Crippen molar-refractivity contribution in [2.45, 2.75) is 52.6 Å². The Morgan fingerprint density at radius 3 is 2.67 bits per heavy atom. The minimum Gasteiger partial charge on any atom is -0.391 e. The highest BCUT2D eigenvalue weighted by molar-refractivity contribution is 7.15. The monoisotopic (exact) mass is 268 g/mol. The van der Waals surface area contributed by atoms with Crippen LogP contribution in [0.3, 0.4) is 0 Å². The molecule has 0 bridgehead atoms. The highest BCUT2D eigenvalue weighted by atomic mass is 32.1. The number of aliphatic hydroxyl groups is 1. The predicted octanol–water partition coefficient (Wildman–Crippen LogP) is 3.39. The summed E-state index contributed by atoms with van der Waals surface area (Å²) in [6, 6.07) is 0. The van der Waals surface area contributed by atoms with Crippen LogP contribution in [-0.2, 0) is 6.61 Å². The van der Waals surface area contributed by atoms with E-state index >= 15 is 0 Å². The van der Waals surface area contributed by atoms with E-state index in [-0.39, 0.29) is 6.61 Å². The van der Waals surface area contributed by atoms with Crippen molar-refractivity contribution < 1.29 is 5.11 Å². The lowest BCUT2D eigenvalue weighted by molar-refractivity contribution is 0.284. The second-order valence-corrected chi connectivity index (χ2v) is 6.35. The highest BCUT2D eigenvalue weighted by Crippen LogP contribution is 2.44. The van der Waals surface area contributed by atoms with E-state index in [0.717, 1.165) is 23.1 Å². The number of aromatic nitrogens is 1. The van der Waals surface area contributed by atoms with Crippen LogP contribution in [0.4, 0.5) is 5.13 Å². The standard InChI is InChI=1S/C14H24N2OS/c1-4-10(3)8-16(5-2)14-15-13(11-6-7-11)12(9-17)18-14/h10-11,17H,4-9H2,1-3H3. The number of thiazole rings is 1. The molecule has 0 aliphatic heterocycles. The van der Waals surface area contributed by atoms with Gasteiger partial charge in [-0.05, 0) is 25.7 Å². The molecule has 0 radical (unpaired) electrons. The maximum absolute atomic E-state index is 9.44. The second-order valence-electron chi connectivity index (χ2n) is 5.29. The molecular formula is C14H24N2OS. The minimum absolute atomic E-state index is 0.143. The molecule has 0 amide bonds. The van der Waals surface area contributed by atoms with Gasteiger partial charge in [-0.1, -0.05) is 31.6 Å². The summed E-state index contributed by atoms with van der Waals surface area (Å²) in [5.74, 6) is 1.32. The van der Waals surface area contributed by atoms with E-state index in [1.165, 1.54) is 25.0 Å². The van der Waals surface area contributed by atoms with Gasteiger partial charge in [-0.3, -0.25) is 0 Å². The molecule has 1 aromatic rings. The SMILES string of the molecule is CCC(C)CN(CC)c1nc(C2CC2)c(CO)s1. The molecule has 1 saturated carbocycles. The van der Waals surface area contributed by atoms with Gasteiger partial charge in [0, 0.05) is 19.0 Å². The van der Waals surface area contributed by atoms with Crippen LogP contribution in [0.5, 0.6) is 0 Å². The van der Waals surface area contributed by atoms with Gasteiger partial charge in [0.25, 0.3) is 0 Å². The van der Waals surface area contributed by atoms with E-state index in [1.807, 2.05) is 0 Å². The molecule has 1 aromatic heterocycles. The van der Waals surface area contributed by atoms with Gasteiger partial charge in [0.15, 0.2) is 5.13 Å². The van der Waals surface area contributed by atoms with Crippen molar-refractivity contribution in [1.82, 2.24) is 4.98 Å². The Kier molecular flexibility index (Phi) is 4.62. The number of nitrogens with zero attached hydrogens (tertiary/aromatic N) is 2. The van der Waals surface area contributed by atoms with E-state index in [2.05, 4.69) is 25.7 Å². The Labute approximate surface area is 114 Å². The summed E-state index contributed by atoms with van der Waals surface area (Å²) in [6.07, 6.45) is 3.69. The highest BCUT2D eigenvalue weighted by Gasteiger charge is 2.30. The first-order valence-corrected chi connectivity index (χ1v) is 7.86. The summed E-state index contributed by atoms with van der Waals surface area (Å²) >= 11 is 1.68. The molecule has 0 spiro atoms. The Morgan fingerprint density at radius 1 is 1.44 bits per heavy atom. The molecule has 0 aromatic carbocycles. The summed E-state index contributed by atoms with van der Waals surface area (Å²) in [4.78, 5) is 8.22. The van der Waals surface area contributed by atoms with E-state index in [4.69, 9.17) is 4.98 Å². The van der Waals surface area contributed by atoms with Crippen LogP contribution in [0.25, 0.3) is 0 Å². The van der Waals surface area contributed by atoms with E-state index in [1.54, 1.807) is 11.3 Å². The van der Waals surface area contributed by atoms with Gasteiger partial charge in [0.05, 0.1) is 17.2 Å². The molecule has 1 heterocycles. The Morgan fingerprint density at radius 2 is 2.17 bits per heavy atom. The Hall–Kier alpha value is -0.610. The molecule has 1 N–H and O–H groups in total. The fourth-order valence-electron chi connectivity index (χ4n) is 2.12. The normalized spacial score (nSPS) is 16.9. The summed E-state index contributed by atoms with van der Waals surface area (Å²) in [6.45, 7) is 8.89. The molecule has 1 unspecified atom stereocenters. The third-order valence-electron chi connectivity index (χ3n) is 3.71. The van der Waals surface area contributed by atoms with Gasteiger partial charge in [0.1, 0.15) is 0 Å². The number of anilines is 1. The van der Waals surface area contributed by atoms with Crippen molar-refractivity contribution in [2.24, 2.45) is 5.92 Å². The molecule has 1 aliphatic rings. The molecule has 2 rings (SSSR count). The lowest BCUT2D eigenvalue weighted by Crippen LogP contribution is -2.27. The Balaban J connectivity index is 2.14. The maximum atomic E-state index is 9.44. The van der Waals surface area contributed by atoms with Crippen molar-refractivity contribution >= 4 is 16.5 Å². The Bertz CT molecular complexity index is 387. The third-order valence-corrected chi connectivity index (χ3v) is 4.82. The lowest BCUT2D eigenvalue weighted by atomic mass is 10.1. The fraction of sp³-hybridized carbons (Fsp3) is 0.786. The smallest absolute Gasteiger partial charge is 0.185 e. The van der Waals surface area contributed by atoms with Crippen LogP contribution >= 0.6 is 11.3 Å². The van der Waals surface area contributed by atoms with E-state index < -0.39 is 0 Å². The van der Waals surface area contributed by atoms with Crippen LogP contribution in [-0.4, -0.2) is 23.2 Å². The van der Waals surface area contributed by atoms with Gasteiger partial charge in [-0.25, -0.2) is 4.98 Å². The molecule has 1 atom stereocenters. The number of hydrogen-bond donors (Lipinski definition) is 1. The average molecular weight is 268 g/mol. The van der Waals surface area contributed by atoms with Crippen LogP contribution in [0.2, 0.25) is 0 Å². The van der Waals surface area contributed by atoms with Crippen LogP contribution in [0.15, 0.2) is 0 Å². The number of aliphatic hydroxyl groups excluding tert-OH is 1. The van der Waals surface area contributed by atoms with Gasteiger partial charge >= 0.3 is 0 Å². The minimum atomic E-state index is 0.143. The first-order chi connectivity index (χ1) is 8.69. The van der Waals surface area contributed by atoms with Crippen molar-refractivity contribution in [3.05, 3.63) is 10.6 Å². The molecule has 1 fully saturated rings. The first-order valence-electron chi connectivity index (χ1n) is 7.04. The van der Waals surface area contributed by atoms with Crippen LogP contribution in [0, 0.1) is 5.92 Å². The summed E-state index contributed by atoms with van der Waals surface area (Å²) in [5, 5.41) is 10.5. The molecule has 102 valence electrons. The zero-order valence-corrected chi connectivity index (χ0v) is 12.5. The summed E-state index contributed by atoms with van der Waals surface area (Å²) in [7, 11) is 0. The first kappa shape index (κ1) is 13.8. The molecule has 0 saturated heterocycles.